The average Bonchev–Trinajstić information content (AvgIpc) is 4.22. The number of carboxylic acid groups (broad SMARTS) is 1. The normalized spacial score (nSPS) is 10.6. The Hall–Kier alpha value is -10.3. The highest BCUT2D eigenvalue weighted by atomic mass is 16.6. The van der Waals surface area contributed by atoms with Gasteiger partial charge in [0.05, 0.1) is 15.4 Å². The first-order valence-electron chi connectivity index (χ1n) is 22.2. The summed E-state index contributed by atoms with van der Waals surface area (Å²) in [5.74, 6) is 0.373. The number of nitrogen functional groups attached to an aromatic ring is 1. The Bertz CT molecular complexity index is 3730. The fourth-order valence-electron chi connectivity index (χ4n) is 7.19. The van der Waals surface area contributed by atoms with Crippen LogP contribution in [0.1, 0.15) is 37.5 Å². The van der Waals surface area contributed by atoms with Crippen LogP contribution in [0.4, 0.5) is 22.7 Å². The molecule has 0 bridgehead atoms. The van der Waals surface area contributed by atoms with Gasteiger partial charge in [-0.15, -0.1) is 0 Å². The molecule has 0 saturated heterocycles. The maximum absolute atomic E-state index is 12.2. The lowest BCUT2D eigenvalue weighted by Crippen LogP contribution is -2.15. The third-order valence-corrected chi connectivity index (χ3v) is 11.1. The Balaban J connectivity index is 0.000000134. The molecule has 0 saturated carbocycles. The smallest absolute Gasteiger partial charge is 0.335 e. The summed E-state index contributed by atoms with van der Waals surface area (Å²) in [5, 5.41) is 36.0. The molecule has 0 aliphatic heterocycles. The van der Waals surface area contributed by atoms with E-state index in [1.165, 1.54) is 28.9 Å². The summed E-state index contributed by atoms with van der Waals surface area (Å²) in [7, 11) is 1.73. The van der Waals surface area contributed by atoms with E-state index in [0.29, 0.717) is 34.6 Å². The van der Waals surface area contributed by atoms with Crippen molar-refractivity contribution < 1.29 is 37.8 Å². The summed E-state index contributed by atoms with van der Waals surface area (Å²) >= 11 is 0. The number of nitro groups is 2. The molecule has 0 spiro atoms. The van der Waals surface area contributed by atoms with E-state index in [-0.39, 0.29) is 22.8 Å². The highest BCUT2D eigenvalue weighted by Crippen LogP contribution is 2.30. The van der Waals surface area contributed by atoms with Gasteiger partial charge >= 0.3 is 5.97 Å². The van der Waals surface area contributed by atoms with E-state index in [1.54, 1.807) is 31.4 Å². The van der Waals surface area contributed by atoms with Crippen molar-refractivity contribution in [3.8, 4) is 34.4 Å². The van der Waals surface area contributed by atoms with Gasteiger partial charge < -0.3 is 29.4 Å². The molecule has 7 aromatic carbocycles. The van der Waals surface area contributed by atoms with Crippen molar-refractivity contribution in [1.29, 1.82) is 0 Å². The number of carboxylic acids is 1. The SMILES string of the molecule is Cc1cccc2oc(-c3ccc(N)cc3)nc12.Cc1cccc2oc(-c3ccc(NC(=O)c4ccnn4C)cc3)nc12.Cc1cccc2oc(-c3ccc([N+](=O)[O-])cc3)nc12.O=C(O)c1ccc([N+](=O)[O-])cc1. The molecule has 0 atom stereocenters. The quantitative estimate of drug-likeness (QED) is 0.0725. The molecule has 19 heteroatoms. The maximum atomic E-state index is 12.2. The Morgan fingerprint density at radius 3 is 1.30 bits per heavy atom. The number of nitrogens with one attached hydrogen (secondary N) is 1. The molecule has 4 heterocycles. The van der Waals surface area contributed by atoms with Crippen LogP contribution in [0.5, 0.6) is 0 Å². The molecule has 11 rings (SSSR count). The molecule has 19 nitrogen and oxygen atoms in total. The number of aryl methyl sites for hydroxylation is 4. The molecule has 0 fully saturated rings. The van der Waals surface area contributed by atoms with Crippen LogP contribution in [0.3, 0.4) is 0 Å². The van der Waals surface area contributed by atoms with Crippen LogP contribution >= 0.6 is 0 Å². The molecule has 0 aliphatic carbocycles. The number of aromatic carboxylic acids is 1. The third-order valence-electron chi connectivity index (χ3n) is 11.1. The fourth-order valence-corrected chi connectivity index (χ4v) is 7.19. The van der Waals surface area contributed by atoms with Crippen LogP contribution in [0.15, 0.2) is 177 Å². The largest absolute Gasteiger partial charge is 0.478 e. The summed E-state index contributed by atoms with van der Waals surface area (Å²) in [6.07, 6.45) is 1.59. The minimum atomic E-state index is -1.09. The van der Waals surface area contributed by atoms with Crippen molar-refractivity contribution >= 4 is 67.9 Å². The molecule has 4 aromatic heterocycles. The van der Waals surface area contributed by atoms with Gasteiger partial charge in [-0.2, -0.15) is 5.10 Å². The third kappa shape index (κ3) is 11.6. The van der Waals surface area contributed by atoms with Crippen molar-refractivity contribution in [1.82, 2.24) is 24.7 Å². The second-order valence-corrected chi connectivity index (χ2v) is 16.2. The lowest BCUT2D eigenvalue weighted by molar-refractivity contribution is -0.385. The standard InChI is InChI=1S/C19H16N4O2.C14H10N2O3.C14H12N2O.C7H5NO4/c1-12-4-3-5-16-17(12)22-19(25-16)13-6-8-14(9-7-13)21-18(24)15-10-11-20-23(15)2;1-9-3-2-4-12-13(9)15-14(19-12)10-5-7-11(8-6-10)16(17)18;1-9-3-2-4-12-13(9)16-14(17-12)10-5-7-11(15)8-6-10;9-7(10)5-1-3-6(4-2-5)8(11)12/h3-11H,1-2H3,(H,21,24);2-8H,1H3;2-8H,15H2,1H3;1-4H,(H,9,10). The molecule has 0 unspecified atom stereocenters. The number of amides is 1. The van der Waals surface area contributed by atoms with Crippen molar-refractivity contribution in [2.75, 3.05) is 11.1 Å². The molecule has 364 valence electrons. The number of non-ortho nitro benzene ring substituents is 2. The molecule has 0 radical (unpaired) electrons. The number of rotatable bonds is 8. The number of fused-ring (bicyclic) bond motifs is 3. The van der Waals surface area contributed by atoms with E-state index in [0.717, 1.165) is 78.9 Å². The summed E-state index contributed by atoms with van der Waals surface area (Å²) in [4.78, 5) is 55.7. The Morgan fingerprint density at radius 1 is 0.562 bits per heavy atom. The number of aromatic nitrogens is 5. The van der Waals surface area contributed by atoms with Crippen molar-refractivity contribution in [3.05, 3.63) is 212 Å². The lowest BCUT2D eigenvalue weighted by Gasteiger charge is -2.05. The monoisotopic (exact) mass is 977 g/mol. The van der Waals surface area contributed by atoms with Crippen LogP contribution in [0, 0.1) is 41.0 Å². The van der Waals surface area contributed by atoms with Gasteiger partial charge in [-0.3, -0.25) is 29.7 Å². The molecule has 0 aliphatic rings. The number of carbonyl (C=O) groups excluding carboxylic acids is 1. The minimum absolute atomic E-state index is 0.0422. The zero-order valence-corrected chi connectivity index (χ0v) is 39.4. The maximum Gasteiger partial charge on any atom is 0.335 e. The van der Waals surface area contributed by atoms with Crippen molar-refractivity contribution in [2.24, 2.45) is 7.05 Å². The zero-order chi connectivity index (χ0) is 51.8. The Morgan fingerprint density at radius 2 is 0.945 bits per heavy atom. The van der Waals surface area contributed by atoms with Gasteiger partial charge in [0.25, 0.3) is 17.3 Å². The molecular weight excluding hydrogens is 935 g/mol. The number of nitro benzene ring substituents is 2. The number of benzene rings is 7. The summed E-state index contributed by atoms with van der Waals surface area (Å²) < 4.78 is 18.7. The second kappa shape index (κ2) is 21.6. The Kier molecular flexibility index (Phi) is 14.5. The van der Waals surface area contributed by atoms with Gasteiger partial charge in [0.1, 0.15) is 22.2 Å². The first kappa shape index (κ1) is 49.1. The van der Waals surface area contributed by atoms with Gasteiger partial charge in [-0.25, -0.2) is 19.7 Å². The van der Waals surface area contributed by atoms with Crippen LogP contribution in [0.25, 0.3) is 67.7 Å². The van der Waals surface area contributed by atoms with Gasteiger partial charge in [0.15, 0.2) is 16.7 Å². The molecule has 73 heavy (non-hydrogen) atoms. The van der Waals surface area contributed by atoms with Gasteiger partial charge in [0.2, 0.25) is 17.7 Å². The first-order valence-corrected chi connectivity index (χ1v) is 22.2. The number of carbonyl (C=O) groups is 2. The van der Waals surface area contributed by atoms with Gasteiger partial charge in [-0.1, -0.05) is 36.4 Å². The van der Waals surface area contributed by atoms with E-state index in [4.69, 9.17) is 24.1 Å². The van der Waals surface area contributed by atoms with Crippen LogP contribution in [-0.4, -0.2) is 51.6 Å². The second-order valence-electron chi connectivity index (χ2n) is 16.2. The average molecular weight is 978 g/mol. The molecule has 4 N–H and O–H groups in total. The number of hydrogen-bond donors (Lipinski definition) is 3. The van der Waals surface area contributed by atoms with Crippen LogP contribution < -0.4 is 11.1 Å². The predicted molar refractivity (Wildman–Crippen MR) is 275 cm³/mol. The Labute approximate surface area is 414 Å². The van der Waals surface area contributed by atoms with Crippen molar-refractivity contribution in [2.45, 2.75) is 20.8 Å². The molecular formula is C54H43N9O10. The van der Waals surface area contributed by atoms with Crippen LogP contribution in [-0.2, 0) is 7.05 Å². The first-order chi connectivity index (χ1) is 35.1. The summed E-state index contributed by atoms with van der Waals surface area (Å²) in [6, 6.07) is 44.9. The molecule has 11 aromatic rings. The van der Waals surface area contributed by atoms with Crippen molar-refractivity contribution in [3.63, 3.8) is 0 Å². The number of para-hydroxylation sites is 3. The predicted octanol–water partition coefficient (Wildman–Crippen LogP) is 12.2. The van der Waals surface area contributed by atoms with E-state index < -0.39 is 15.8 Å². The van der Waals surface area contributed by atoms with E-state index in [9.17, 15) is 29.8 Å². The number of anilines is 2. The summed E-state index contributed by atoms with van der Waals surface area (Å²) in [5.41, 5.74) is 18.2. The number of hydrogen-bond acceptors (Lipinski definition) is 14. The van der Waals surface area contributed by atoms with E-state index in [1.807, 2.05) is 124 Å². The number of nitrogens with zero attached hydrogens (tertiary/aromatic N) is 7. The van der Waals surface area contributed by atoms with E-state index in [2.05, 4.69) is 25.4 Å². The van der Waals surface area contributed by atoms with Gasteiger partial charge in [0, 0.05) is 65.6 Å². The lowest BCUT2D eigenvalue weighted by atomic mass is 10.2. The number of oxazole rings is 3. The van der Waals surface area contributed by atoms with Gasteiger partial charge in [-0.05, 0) is 135 Å². The molecule has 1 amide bonds. The highest BCUT2D eigenvalue weighted by Gasteiger charge is 2.15. The highest BCUT2D eigenvalue weighted by molar-refractivity contribution is 6.03. The summed E-state index contributed by atoms with van der Waals surface area (Å²) in [6.45, 7) is 5.99. The number of nitrogens with two attached hydrogens (primary N) is 1. The van der Waals surface area contributed by atoms with Crippen LogP contribution in [0.2, 0.25) is 0 Å². The minimum Gasteiger partial charge on any atom is -0.478 e. The zero-order valence-electron chi connectivity index (χ0n) is 39.4. The van der Waals surface area contributed by atoms with E-state index >= 15 is 0 Å². The fraction of sp³-hybridized carbons (Fsp3) is 0.0741. The topological polar surface area (TPSA) is 275 Å².